The molecular formula is C23H14ClF3N8O2. The van der Waals surface area contributed by atoms with Crippen LogP contribution < -0.4 is 16.1 Å². The first-order valence-corrected chi connectivity index (χ1v) is 10.8. The molecule has 0 unspecified atom stereocenters. The van der Waals surface area contributed by atoms with Crippen LogP contribution in [0.25, 0.3) is 16.5 Å². The number of carbonyl (C=O) groups excluding carboxylic acids is 2. The maximum absolute atomic E-state index is 14.2. The number of anilines is 3. The zero-order chi connectivity index (χ0) is 26.3. The topological polar surface area (TPSA) is 137 Å². The summed E-state index contributed by atoms with van der Waals surface area (Å²) in [5.74, 6) is -1.33. The van der Waals surface area contributed by atoms with Gasteiger partial charge in [-0.25, -0.2) is 9.67 Å². The molecule has 0 atom stereocenters. The number of amides is 2. The van der Waals surface area contributed by atoms with Crippen molar-refractivity contribution in [3.8, 4) is 5.69 Å². The lowest BCUT2D eigenvalue weighted by Crippen LogP contribution is -2.21. The van der Waals surface area contributed by atoms with Gasteiger partial charge in [0.1, 0.15) is 0 Å². The highest BCUT2D eigenvalue weighted by Gasteiger charge is 2.41. The summed E-state index contributed by atoms with van der Waals surface area (Å²) in [5.41, 5.74) is 1.36. The summed E-state index contributed by atoms with van der Waals surface area (Å²) < 4.78 is 43.4. The fraction of sp³-hybridized carbons (Fsp3) is 0.0435. The van der Waals surface area contributed by atoms with E-state index in [1.807, 2.05) is 0 Å². The summed E-state index contributed by atoms with van der Waals surface area (Å²) in [4.78, 5) is 29.1. The molecule has 2 amide bonds. The number of nitrogens with zero attached hydrogens (tertiary/aromatic N) is 4. The van der Waals surface area contributed by atoms with Crippen LogP contribution in [0.1, 0.15) is 26.4 Å². The van der Waals surface area contributed by atoms with Gasteiger partial charge in [-0.05, 0) is 24.3 Å². The molecule has 1 aliphatic heterocycles. The van der Waals surface area contributed by atoms with Crippen molar-refractivity contribution in [2.24, 2.45) is 5.10 Å². The molecule has 2 aromatic heterocycles. The Labute approximate surface area is 210 Å². The van der Waals surface area contributed by atoms with Crippen LogP contribution >= 0.6 is 11.6 Å². The molecule has 5 rings (SSSR count). The number of hydrogen-bond donors (Lipinski definition) is 4. The van der Waals surface area contributed by atoms with Crippen LogP contribution in [0.4, 0.5) is 30.4 Å². The predicted molar refractivity (Wildman–Crippen MR) is 132 cm³/mol. The Morgan fingerprint density at radius 2 is 2.03 bits per heavy atom. The number of pyridine rings is 1. The number of alkyl halides is 3. The normalized spacial score (nSPS) is 12.7. The molecule has 0 aliphatic carbocycles. The van der Waals surface area contributed by atoms with Crippen molar-refractivity contribution in [3.05, 3.63) is 70.6 Å². The molecule has 3 heterocycles. The summed E-state index contributed by atoms with van der Waals surface area (Å²) in [6, 6.07) is 8.88. The summed E-state index contributed by atoms with van der Waals surface area (Å²) in [6.07, 6.45) is -0.885. The summed E-state index contributed by atoms with van der Waals surface area (Å²) in [7, 11) is 0. The Bertz CT molecular complexity index is 1630. The third kappa shape index (κ3) is 4.25. The van der Waals surface area contributed by atoms with Crippen molar-refractivity contribution in [3.63, 3.8) is 0 Å². The van der Waals surface area contributed by atoms with Crippen LogP contribution in [0.3, 0.4) is 0 Å². The van der Waals surface area contributed by atoms with E-state index in [4.69, 9.17) is 17.0 Å². The molecule has 10 nitrogen and oxygen atoms in total. The molecule has 186 valence electrons. The van der Waals surface area contributed by atoms with Crippen LogP contribution in [0, 0.1) is 5.41 Å². The van der Waals surface area contributed by atoms with E-state index in [1.54, 1.807) is 18.2 Å². The fourth-order valence-electron chi connectivity index (χ4n) is 3.95. The summed E-state index contributed by atoms with van der Waals surface area (Å²) in [6.45, 7) is 0. The standard InChI is InChI=1S/C23H14ClF3N8O2/c24-15-8-11(9-29-20(15)34-30-7-6-28)32-22(37)14-10-31-35(19(14)23(25,26)27)17-5-4-16-18-12(17)2-1-3-13(18)21(36)33-16/h1-10,28H,(H,29,34)(H,32,37)(H,33,36)/b28-6?,30-7-. The first-order valence-electron chi connectivity index (χ1n) is 10.5. The molecular weight excluding hydrogens is 513 g/mol. The molecule has 4 N–H and O–H groups in total. The maximum Gasteiger partial charge on any atom is 0.434 e. The molecule has 2 aromatic carbocycles. The highest BCUT2D eigenvalue weighted by molar-refractivity contribution is 6.33. The lowest BCUT2D eigenvalue weighted by Gasteiger charge is -2.15. The monoisotopic (exact) mass is 526 g/mol. The van der Waals surface area contributed by atoms with Crippen LogP contribution in [0.15, 0.2) is 53.9 Å². The number of rotatable bonds is 6. The first kappa shape index (κ1) is 23.9. The van der Waals surface area contributed by atoms with Gasteiger partial charge in [-0.15, -0.1) is 0 Å². The summed E-state index contributed by atoms with van der Waals surface area (Å²) in [5, 5.41) is 20.3. The van der Waals surface area contributed by atoms with Crippen LogP contribution in [-0.2, 0) is 6.18 Å². The van der Waals surface area contributed by atoms with Gasteiger partial charge in [0, 0.05) is 28.2 Å². The van der Waals surface area contributed by atoms with E-state index in [1.165, 1.54) is 24.4 Å². The minimum atomic E-state index is -4.95. The van der Waals surface area contributed by atoms with Gasteiger partial charge in [-0.2, -0.15) is 23.4 Å². The lowest BCUT2D eigenvalue weighted by atomic mass is 10.0. The van der Waals surface area contributed by atoms with Gasteiger partial charge in [0.15, 0.2) is 11.5 Å². The molecule has 4 aromatic rings. The van der Waals surface area contributed by atoms with Crippen LogP contribution in [0.2, 0.25) is 5.02 Å². The van der Waals surface area contributed by atoms with Gasteiger partial charge in [-0.3, -0.25) is 15.0 Å². The Morgan fingerprint density at radius 3 is 2.76 bits per heavy atom. The van der Waals surface area contributed by atoms with E-state index in [2.05, 4.69) is 31.2 Å². The zero-order valence-electron chi connectivity index (χ0n) is 18.4. The lowest BCUT2D eigenvalue weighted by molar-refractivity contribution is -0.143. The van der Waals surface area contributed by atoms with Crippen molar-refractivity contribution in [2.45, 2.75) is 6.18 Å². The number of hydrogen-bond acceptors (Lipinski definition) is 7. The second kappa shape index (κ2) is 9.02. The second-order valence-electron chi connectivity index (χ2n) is 7.70. The summed E-state index contributed by atoms with van der Waals surface area (Å²) >= 11 is 6.09. The molecule has 0 fully saturated rings. The molecule has 0 saturated carbocycles. The molecule has 0 bridgehead atoms. The van der Waals surface area contributed by atoms with Crippen molar-refractivity contribution in [1.82, 2.24) is 14.8 Å². The molecule has 0 saturated heterocycles. The Morgan fingerprint density at radius 1 is 1.22 bits per heavy atom. The predicted octanol–water partition coefficient (Wildman–Crippen LogP) is 4.96. The Balaban J connectivity index is 1.53. The first-order chi connectivity index (χ1) is 17.7. The number of benzene rings is 2. The van der Waals surface area contributed by atoms with Gasteiger partial charge in [0.2, 0.25) is 0 Å². The van der Waals surface area contributed by atoms with Crippen molar-refractivity contribution in [1.29, 1.82) is 5.41 Å². The minimum Gasteiger partial charge on any atom is -0.321 e. The molecule has 1 aliphatic rings. The average Bonchev–Trinajstić information content (AvgIpc) is 3.44. The van der Waals surface area contributed by atoms with Crippen molar-refractivity contribution < 1.29 is 22.8 Å². The van der Waals surface area contributed by atoms with E-state index < -0.39 is 23.3 Å². The smallest absolute Gasteiger partial charge is 0.321 e. The number of aromatic nitrogens is 3. The third-order valence-electron chi connectivity index (χ3n) is 5.44. The SMILES string of the molecule is N=C/C=N\Nc1ncc(NC(=O)c2cnn(-c3ccc4c5c(cccc35)C(=O)N4)c2C(F)(F)F)cc1Cl. The molecule has 0 spiro atoms. The van der Waals surface area contributed by atoms with Gasteiger partial charge >= 0.3 is 6.18 Å². The Kier molecular flexibility index (Phi) is 5.84. The molecule has 14 heteroatoms. The largest absolute Gasteiger partial charge is 0.434 e. The average molecular weight is 527 g/mol. The van der Waals surface area contributed by atoms with Crippen LogP contribution in [0.5, 0.6) is 0 Å². The maximum atomic E-state index is 14.2. The number of halogens is 4. The van der Waals surface area contributed by atoms with Gasteiger partial charge < -0.3 is 16.0 Å². The van der Waals surface area contributed by atoms with Gasteiger partial charge in [-0.1, -0.05) is 23.7 Å². The van der Waals surface area contributed by atoms with Crippen molar-refractivity contribution >= 4 is 63.8 Å². The minimum absolute atomic E-state index is 0.0303. The highest BCUT2D eigenvalue weighted by Crippen LogP contribution is 2.39. The Hall–Kier alpha value is -4.78. The van der Waals surface area contributed by atoms with E-state index in [0.29, 0.717) is 26.7 Å². The number of carbonyl (C=O) groups is 2. The second-order valence-corrected chi connectivity index (χ2v) is 8.10. The quantitative estimate of drug-likeness (QED) is 0.208. The van der Waals surface area contributed by atoms with E-state index in [-0.39, 0.29) is 28.1 Å². The molecule has 37 heavy (non-hydrogen) atoms. The highest BCUT2D eigenvalue weighted by atomic mass is 35.5. The van der Waals surface area contributed by atoms with Crippen molar-refractivity contribution in [2.75, 3.05) is 16.1 Å². The number of hydrazone groups is 1. The fourth-order valence-corrected chi connectivity index (χ4v) is 4.16. The van der Waals surface area contributed by atoms with E-state index in [9.17, 15) is 22.8 Å². The molecule has 0 radical (unpaired) electrons. The van der Waals surface area contributed by atoms with E-state index in [0.717, 1.165) is 18.6 Å². The van der Waals surface area contributed by atoms with E-state index >= 15 is 0 Å². The number of nitrogens with one attached hydrogen (secondary N) is 4. The van der Waals surface area contributed by atoms with Gasteiger partial charge in [0.05, 0.1) is 40.6 Å². The third-order valence-corrected chi connectivity index (χ3v) is 5.73. The van der Waals surface area contributed by atoms with Gasteiger partial charge in [0.25, 0.3) is 11.8 Å². The van der Waals surface area contributed by atoms with Crippen LogP contribution in [-0.4, -0.2) is 39.0 Å². The zero-order valence-corrected chi connectivity index (χ0v) is 19.1.